The molecule has 4 nitrogen and oxygen atoms in total. The van der Waals surface area contributed by atoms with E-state index < -0.39 is 9.84 Å². The molecule has 0 aliphatic carbocycles. The Morgan fingerprint density at radius 1 is 1.40 bits per heavy atom. The van der Waals surface area contributed by atoms with Crippen molar-refractivity contribution in [3.63, 3.8) is 0 Å². The average Bonchev–Trinajstić information content (AvgIpc) is 2.67. The van der Waals surface area contributed by atoms with Gasteiger partial charge in [0.2, 0.25) is 0 Å². The van der Waals surface area contributed by atoms with Gasteiger partial charge in [0.1, 0.15) is 0 Å². The highest BCUT2D eigenvalue weighted by molar-refractivity contribution is 7.91. The van der Waals surface area contributed by atoms with Gasteiger partial charge in [-0.05, 0) is 25.8 Å². The Kier molecular flexibility index (Phi) is 4.73. The lowest BCUT2D eigenvalue weighted by Crippen LogP contribution is -2.32. The Morgan fingerprint density at radius 3 is 2.67 bits per heavy atom. The fourth-order valence-electron chi connectivity index (χ4n) is 1.80. The van der Waals surface area contributed by atoms with E-state index in [0.717, 1.165) is 19.4 Å². The van der Waals surface area contributed by atoms with Crippen molar-refractivity contribution in [2.75, 3.05) is 18.1 Å². The lowest BCUT2D eigenvalue weighted by Gasteiger charge is -2.08. The van der Waals surface area contributed by atoms with E-state index >= 15 is 0 Å². The molecular formula is C10H19NO3S. The van der Waals surface area contributed by atoms with E-state index in [-0.39, 0.29) is 29.8 Å². The second-order valence-electron chi connectivity index (χ2n) is 4.02. The van der Waals surface area contributed by atoms with Crippen LogP contribution in [0.4, 0.5) is 0 Å². The molecule has 1 N–H and O–H groups in total. The number of carbonyl (C=O) groups is 1. The standard InChI is InChI=1S/C10H19NO3S/c1-2-7-15(13,14)8-5-10(12)9-4-3-6-11-9/h9,11H,2-8H2,1H3. The summed E-state index contributed by atoms with van der Waals surface area (Å²) >= 11 is 0. The molecule has 1 saturated heterocycles. The van der Waals surface area contributed by atoms with Crippen molar-refractivity contribution in [1.82, 2.24) is 5.32 Å². The van der Waals surface area contributed by atoms with Crippen LogP contribution in [0.3, 0.4) is 0 Å². The van der Waals surface area contributed by atoms with Crippen LogP contribution in [0.25, 0.3) is 0 Å². The van der Waals surface area contributed by atoms with Gasteiger partial charge in [0.25, 0.3) is 0 Å². The lowest BCUT2D eigenvalue weighted by molar-refractivity contribution is -0.120. The molecule has 0 bridgehead atoms. The van der Waals surface area contributed by atoms with Crippen LogP contribution in [0, 0.1) is 0 Å². The van der Waals surface area contributed by atoms with Crippen molar-refractivity contribution >= 4 is 15.6 Å². The van der Waals surface area contributed by atoms with E-state index in [4.69, 9.17) is 0 Å². The number of hydrogen-bond acceptors (Lipinski definition) is 4. The molecule has 1 unspecified atom stereocenters. The van der Waals surface area contributed by atoms with Crippen molar-refractivity contribution in [3.05, 3.63) is 0 Å². The molecule has 0 aromatic heterocycles. The van der Waals surface area contributed by atoms with Crippen LogP contribution in [0.1, 0.15) is 32.6 Å². The van der Waals surface area contributed by atoms with Gasteiger partial charge in [-0.25, -0.2) is 8.42 Å². The fourth-order valence-corrected chi connectivity index (χ4v) is 3.14. The molecule has 0 aromatic rings. The van der Waals surface area contributed by atoms with Gasteiger partial charge in [-0.3, -0.25) is 4.79 Å². The summed E-state index contributed by atoms with van der Waals surface area (Å²) in [5, 5.41) is 3.08. The van der Waals surface area contributed by atoms with Gasteiger partial charge in [0.15, 0.2) is 15.6 Å². The quantitative estimate of drug-likeness (QED) is 0.726. The molecular weight excluding hydrogens is 214 g/mol. The molecule has 0 spiro atoms. The molecule has 1 aliphatic rings. The summed E-state index contributed by atoms with van der Waals surface area (Å²) in [6.45, 7) is 2.70. The topological polar surface area (TPSA) is 63.2 Å². The Bertz CT molecular complexity index is 305. The van der Waals surface area contributed by atoms with Gasteiger partial charge < -0.3 is 5.32 Å². The predicted molar refractivity (Wildman–Crippen MR) is 59.6 cm³/mol. The second kappa shape index (κ2) is 5.61. The van der Waals surface area contributed by atoms with Crippen molar-refractivity contribution in [3.8, 4) is 0 Å². The second-order valence-corrected chi connectivity index (χ2v) is 6.32. The largest absolute Gasteiger partial charge is 0.307 e. The van der Waals surface area contributed by atoms with Gasteiger partial charge >= 0.3 is 0 Å². The third kappa shape index (κ3) is 4.30. The number of nitrogens with one attached hydrogen (secondary N) is 1. The molecule has 88 valence electrons. The zero-order valence-corrected chi connectivity index (χ0v) is 9.98. The summed E-state index contributed by atoms with van der Waals surface area (Å²) in [4.78, 5) is 11.6. The molecule has 0 saturated carbocycles. The Hall–Kier alpha value is -0.420. The zero-order valence-electron chi connectivity index (χ0n) is 9.16. The summed E-state index contributed by atoms with van der Waals surface area (Å²) in [5.74, 6) is 0.253. The number of Topliss-reactive ketones (excluding diaryl/α,β-unsaturated/α-hetero) is 1. The molecule has 1 fully saturated rings. The van der Waals surface area contributed by atoms with Gasteiger partial charge in [0, 0.05) is 12.2 Å². The minimum Gasteiger partial charge on any atom is -0.307 e. The van der Waals surface area contributed by atoms with Gasteiger partial charge in [0.05, 0.1) is 11.8 Å². The lowest BCUT2D eigenvalue weighted by atomic mass is 10.1. The van der Waals surface area contributed by atoms with Crippen LogP contribution < -0.4 is 5.32 Å². The van der Waals surface area contributed by atoms with Crippen molar-refractivity contribution < 1.29 is 13.2 Å². The Labute approximate surface area is 91.4 Å². The molecule has 1 atom stereocenters. The van der Waals surface area contributed by atoms with Gasteiger partial charge in [-0.2, -0.15) is 0 Å². The van der Waals surface area contributed by atoms with Crippen LogP contribution in [0.5, 0.6) is 0 Å². The van der Waals surface area contributed by atoms with E-state index in [2.05, 4.69) is 5.32 Å². The first kappa shape index (κ1) is 12.6. The molecule has 5 heteroatoms. The maximum Gasteiger partial charge on any atom is 0.150 e. The molecule has 0 radical (unpaired) electrons. The normalized spacial score (nSPS) is 21.8. The van der Waals surface area contributed by atoms with Crippen LogP contribution in [-0.4, -0.2) is 38.3 Å². The highest BCUT2D eigenvalue weighted by Gasteiger charge is 2.23. The van der Waals surface area contributed by atoms with Crippen LogP contribution >= 0.6 is 0 Å². The van der Waals surface area contributed by atoms with Crippen LogP contribution in [0.2, 0.25) is 0 Å². The van der Waals surface area contributed by atoms with E-state index in [1.807, 2.05) is 6.92 Å². The molecule has 1 heterocycles. The van der Waals surface area contributed by atoms with Crippen molar-refractivity contribution in [2.45, 2.75) is 38.6 Å². The summed E-state index contributed by atoms with van der Waals surface area (Å²) in [7, 11) is -3.00. The Morgan fingerprint density at radius 2 is 2.13 bits per heavy atom. The van der Waals surface area contributed by atoms with E-state index in [1.165, 1.54) is 0 Å². The molecule has 15 heavy (non-hydrogen) atoms. The summed E-state index contributed by atoms with van der Waals surface area (Å²) in [6.07, 6.45) is 2.66. The number of ketones is 1. The maximum atomic E-state index is 11.6. The van der Waals surface area contributed by atoms with Gasteiger partial charge in [-0.1, -0.05) is 6.92 Å². The fraction of sp³-hybridized carbons (Fsp3) is 0.900. The number of rotatable bonds is 6. The molecule has 1 rings (SSSR count). The zero-order chi connectivity index (χ0) is 11.3. The first-order chi connectivity index (χ1) is 7.05. The summed E-state index contributed by atoms with van der Waals surface area (Å²) in [5.41, 5.74) is 0. The minimum absolute atomic E-state index is 0.0118. The number of hydrogen-bond donors (Lipinski definition) is 1. The number of sulfone groups is 1. The van der Waals surface area contributed by atoms with Crippen molar-refractivity contribution in [2.24, 2.45) is 0 Å². The third-order valence-electron chi connectivity index (χ3n) is 2.62. The van der Waals surface area contributed by atoms with E-state index in [1.54, 1.807) is 0 Å². The maximum absolute atomic E-state index is 11.6. The van der Waals surface area contributed by atoms with E-state index in [9.17, 15) is 13.2 Å². The Balaban J connectivity index is 2.33. The first-order valence-corrected chi connectivity index (χ1v) is 7.34. The summed E-state index contributed by atoms with van der Waals surface area (Å²) < 4.78 is 22.8. The van der Waals surface area contributed by atoms with E-state index in [0.29, 0.717) is 6.42 Å². The summed E-state index contributed by atoms with van der Waals surface area (Å²) in [6, 6.07) is -0.0955. The van der Waals surface area contributed by atoms with Crippen LogP contribution in [0.15, 0.2) is 0 Å². The number of carbonyl (C=O) groups excluding carboxylic acids is 1. The SMILES string of the molecule is CCCS(=O)(=O)CCC(=O)C1CCCN1. The predicted octanol–water partition coefficient (Wildman–Crippen LogP) is 0.522. The molecule has 0 amide bonds. The monoisotopic (exact) mass is 233 g/mol. The average molecular weight is 233 g/mol. The highest BCUT2D eigenvalue weighted by Crippen LogP contribution is 2.09. The minimum atomic E-state index is -3.00. The van der Waals surface area contributed by atoms with Gasteiger partial charge in [-0.15, -0.1) is 0 Å². The van der Waals surface area contributed by atoms with Crippen LogP contribution in [-0.2, 0) is 14.6 Å². The first-order valence-electron chi connectivity index (χ1n) is 5.51. The molecule has 0 aromatic carbocycles. The highest BCUT2D eigenvalue weighted by atomic mass is 32.2. The third-order valence-corrected chi connectivity index (χ3v) is 4.48. The molecule has 1 aliphatic heterocycles. The smallest absolute Gasteiger partial charge is 0.150 e. The van der Waals surface area contributed by atoms with Crippen molar-refractivity contribution in [1.29, 1.82) is 0 Å².